The third kappa shape index (κ3) is 1.86. The Balaban J connectivity index is 1.94. The molecule has 1 heteroatoms. The van der Waals surface area contributed by atoms with Crippen molar-refractivity contribution in [2.75, 3.05) is 6.61 Å². The smallest absolute Gasteiger partial charge is 0.0651 e. The average molecular weight is 161 g/mol. The van der Waals surface area contributed by atoms with Crippen LogP contribution < -0.4 is 0 Å². The SMILES string of the molecule is [CH](c1ccccc1)C1CCCO1. The van der Waals surface area contributed by atoms with E-state index >= 15 is 0 Å². The van der Waals surface area contributed by atoms with Crippen LogP contribution in [0.3, 0.4) is 0 Å². The van der Waals surface area contributed by atoms with Crippen molar-refractivity contribution in [3.63, 3.8) is 0 Å². The molecule has 1 nitrogen and oxygen atoms in total. The summed E-state index contributed by atoms with van der Waals surface area (Å²) in [6.07, 6.45) is 4.93. The second-order valence-corrected chi connectivity index (χ2v) is 3.13. The molecule has 1 unspecified atom stereocenters. The Morgan fingerprint density at radius 1 is 1.25 bits per heavy atom. The fraction of sp³-hybridized carbons (Fsp3) is 0.364. The van der Waals surface area contributed by atoms with Crippen LogP contribution in [-0.2, 0) is 4.74 Å². The van der Waals surface area contributed by atoms with Crippen molar-refractivity contribution in [3.05, 3.63) is 42.3 Å². The fourth-order valence-electron chi connectivity index (χ4n) is 1.51. The summed E-state index contributed by atoms with van der Waals surface area (Å²) in [5.74, 6) is 0. The molecule has 1 aromatic rings. The zero-order chi connectivity index (χ0) is 8.23. The molecule has 1 atom stereocenters. The molecule has 1 aliphatic heterocycles. The molecule has 63 valence electrons. The van der Waals surface area contributed by atoms with E-state index in [1.165, 1.54) is 18.4 Å². The molecular formula is C11H13O. The molecule has 0 bridgehead atoms. The topological polar surface area (TPSA) is 9.23 Å². The van der Waals surface area contributed by atoms with Gasteiger partial charge in [0.05, 0.1) is 6.10 Å². The standard InChI is InChI=1S/C11H13O/c1-2-5-10(6-3-1)9-11-7-4-8-12-11/h1-3,5-6,9,11H,4,7-8H2. The van der Waals surface area contributed by atoms with E-state index in [0.717, 1.165) is 6.61 Å². The van der Waals surface area contributed by atoms with Crippen LogP contribution in [0, 0.1) is 6.42 Å². The van der Waals surface area contributed by atoms with E-state index in [1.54, 1.807) is 0 Å². The first-order chi connectivity index (χ1) is 5.95. The lowest BCUT2D eigenvalue weighted by Gasteiger charge is -2.07. The minimum absolute atomic E-state index is 0.354. The Bertz CT molecular complexity index is 224. The van der Waals surface area contributed by atoms with Gasteiger partial charge in [0.1, 0.15) is 0 Å². The van der Waals surface area contributed by atoms with Crippen LogP contribution in [0.15, 0.2) is 30.3 Å². The maximum atomic E-state index is 5.50. The molecule has 12 heavy (non-hydrogen) atoms. The Kier molecular flexibility index (Phi) is 2.42. The lowest BCUT2D eigenvalue weighted by atomic mass is 10.1. The van der Waals surface area contributed by atoms with Crippen LogP contribution in [0.1, 0.15) is 18.4 Å². The van der Waals surface area contributed by atoms with Crippen LogP contribution in [0.5, 0.6) is 0 Å². The fourth-order valence-corrected chi connectivity index (χ4v) is 1.51. The van der Waals surface area contributed by atoms with E-state index in [0.29, 0.717) is 6.10 Å². The van der Waals surface area contributed by atoms with E-state index in [-0.39, 0.29) is 0 Å². The lowest BCUT2D eigenvalue weighted by molar-refractivity contribution is 0.136. The van der Waals surface area contributed by atoms with E-state index in [1.807, 2.05) is 6.07 Å². The molecule has 1 heterocycles. The average Bonchev–Trinajstić information content (AvgIpc) is 2.59. The second-order valence-electron chi connectivity index (χ2n) is 3.13. The Morgan fingerprint density at radius 2 is 2.08 bits per heavy atom. The summed E-state index contributed by atoms with van der Waals surface area (Å²) in [4.78, 5) is 0. The van der Waals surface area contributed by atoms with Crippen molar-refractivity contribution in [3.8, 4) is 0 Å². The highest BCUT2D eigenvalue weighted by Gasteiger charge is 2.15. The zero-order valence-electron chi connectivity index (χ0n) is 7.07. The Hall–Kier alpha value is -0.820. The number of benzene rings is 1. The summed E-state index contributed by atoms with van der Waals surface area (Å²) in [6, 6.07) is 10.4. The van der Waals surface area contributed by atoms with Crippen molar-refractivity contribution >= 4 is 0 Å². The van der Waals surface area contributed by atoms with Gasteiger partial charge >= 0.3 is 0 Å². The third-order valence-corrected chi connectivity index (χ3v) is 2.14. The highest BCUT2D eigenvalue weighted by molar-refractivity contribution is 5.24. The summed E-state index contributed by atoms with van der Waals surface area (Å²) in [6.45, 7) is 0.925. The number of hydrogen-bond donors (Lipinski definition) is 0. The normalized spacial score (nSPS) is 22.8. The molecule has 1 aliphatic rings. The van der Waals surface area contributed by atoms with E-state index in [4.69, 9.17) is 4.74 Å². The van der Waals surface area contributed by atoms with Gasteiger partial charge < -0.3 is 4.74 Å². The van der Waals surface area contributed by atoms with Crippen molar-refractivity contribution in [2.45, 2.75) is 18.9 Å². The molecule has 0 N–H and O–H groups in total. The molecule has 0 aliphatic carbocycles. The van der Waals surface area contributed by atoms with Crippen molar-refractivity contribution in [1.29, 1.82) is 0 Å². The highest BCUT2D eigenvalue weighted by atomic mass is 16.5. The van der Waals surface area contributed by atoms with Gasteiger partial charge in [-0.25, -0.2) is 0 Å². The maximum absolute atomic E-state index is 5.50. The van der Waals surface area contributed by atoms with Crippen LogP contribution in [-0.4, -0.2) is 12.7 Å². The molecule has 0 spiro atoms. The largest absolute Gasteiger partial charge is 0.378 e. The number of hydrogen-bond acceptors (Lipinski definition) is 1. The quantitative estimate of drug-likeness (QED) is 0.647. The highest BCUT2D eigenvalue weighted by Crippen LogP contribution is 2.18. The number of ether oxygens (including phenoxy) is 1. The first-order valence-corrected chi connectivity index (χ1v) is 4.47. The molecule has 1 fully saturated rings. The van der Waals surface area contributed by atoms with Gasteiger partial charge in [-0.1, -0.05) is 30.3 Å². The Morgan fingerprint density at radius 3 is 2.75 bits per heavy atom. The third-order valence-electron chi connectivity index (χ3n) is 2.14. The molecule has 1 saturated heterocycles. The van der Waals surface area contributed by atoms with Gasteiger partial charge in [-0.05, 0) is 18.4 Å². The summed E-state index contributed by atoms with van der Waals surface area (Å²) in [7, 11) is 0. The van der Waals surface area contributed by atoms with E-state index in [9.17, 15) is 0 Å². The first-order valence-electron chi connectivity index (χ1n) is 4.47. The number of rotatable bonds is 2. The molecule has 0 saturated carbocycles. The summed E-state index contributed by atoms with van der Waals surface area (Å²) in [5, 5.41) is 0. The van der Waals surface area contributed by atoms with Gasteiger partial charge in [0.25, 0.3) is 0 Å². The van der Waals surface area contributed by atoms with Gasteiger partial charge in [-0.2, -0.15) is 0 Å². The van der Waals surface area contributed by atoms with Crippen LogP contribution >= 0.6 is 0 Å². The van der Waals surface area contributed by atoms with E-state index < -0.39 is 0 Å². The van der Waals surface area contributed by atoms with Crippen molar-refractivity contribution < 1.29 is 4.74 Å². The van der Waals surface area contributed by atoms with Crippen LogP contribution in [0.4, 0.5) is 0 Å². The predicted molar refractivity (Wildman–Crippen MR) is 48.8 cm³/mol. The van der Waals surface area contributed by atoms with Gasteiger partial charge in [-0.3, -0.25) is 0 Å². The Labute approximate surface area is 73.4 Å². The van der Waals surface area contributed by atoms with Gasteiger partial charge in [0.2, 0.25) is 0 Å². The molecule has 0 amide bonds. The zero-order valence-corrected chi connectivity index (χ0v) is 7.07. The molecule has 2 rings (SSSR count). The van der Waals surface area contributed by atoms with Gasteiger partial charge in [0, 0.05) is 13.0 Å². The minimum Gasteiger partial charge on any atom is -0.378 e. The predicted octanol–water partition coefficient (Wildman–Crippen LogP) is 2.42. The van der Waals surface area contributed by atoms with Crippen molar-refractivity contribution in [2.24, 2.45) is 0 Å². The van der Waals surface area contributed by atoms with Gasteiger partial charge in [0.15, 0.2) is 0 Å². The van der Waals surface area contributed by atoms with E-state index in [2.05, 4.69) is 30.7 Å². The van der Waals surface area contributed by atoms with Gasteiger partial charge in [-0.15, -0.1) is 0 Å². The minimum atomic E-state index is 0.354. The molecule has 1 radical (unpaired) electrons. The molecule has 0 aromatic heterocycles. The summed E-state index contributed by atoms with van der Waals surface area (Å²) >= 11 is 0. The molecule has 1 aromatic carbocycles. The van der Waals surface area contributed by atoms with Crippen molar-refractivity contribution in [1.82, 2.24) is 0 Å². The monoisotopic (exact) mass is 161 g/mol. The van der Waals surface area contributed by atoms with Crippen LogP contribution in [0.2, 0.25) is 0 Å². The summed E-state index contributed by atoms with van der Waals surface area (Å²) < 4.78 is 5.50. The second kappa shape index (κ2) is 3.72. The lowest BCUT2D eigenvalue weighted by Crippen LogP contribution is -2.05. The summed E-state index contributed by atoms with van der Waals surface area (Å²) in [5.41, 5.74) is 1.27. The van der Waals surface area contributed by atoms with Crippen LogP contribution in [0.25, 0.3) is 0 Å². The molecular weight excluding hydrogens is 148 g/mol. The maximum Gasteiger partial charge on any atom is 0.0651 e. The first kappa shape index (κ1) is 7.81.